The van der Waals surface area contributed by atoms with Crippen LogP contribution in [0.3, 0.4) is 0 Å². The minimum atomic E-state index is -4.78. The van der Waals surface area contributed by atoms with Gasteiger partial charge in [0.1, 0.15) is 11.5 Å². The van der Waals surface area contributed by atoms with Gasteiger partial charge in [-0.05, 0) is 72.5 Å². The van der Waals surface area contributed by atoms with Gasteiger partial charge in [0, 0.05) is 35.3 Å². The second-order valence-corrected chi connectivity index (χ2v) is 10.2. The maximum absolute atomic E-state index is 12.6. The van der Waals surface area contributed by atoms with Crippen LogP contribution < -0.4 is 55.0 Å². The first-order valence-electron chi connectivity index (χ1n) is 12.3. The molecule has 0 atom stereocenters. The molecule has 0 amide bonds. The number of phosphoric ester groups is 1. The molecule has 0 heterocycles. The minimum absolute atomic E-state index is 0. The van der Waals surface area contributed by atoms with Gasteiger partial charge in [0.25, 0.3) is 0 Å². The van der Waals surface area contributed by atoms with Gasteiger partial charge in [-0.3, -0.25) is 9.59 Å². The number of phosphoric acid groups is 1. The Morgan fingerprint density at radius 3 is 1.45 bits per heavy atom. The number of Topliss-reactive ketones (excluding diaryl/α,β-unsaturated/α-hetero) is 2. The van der Waals surface area contributed by atoms with Gasteiger partial charge in [-0.2, -0.15) is 0 Å². The molecule has 8 nitrogen and oxygen atoms in total. The van der Waals surface area contributed by atoms with E-state index in [-0.39, 0.29) is 65.5 Å². The van der Waals surface area contributed by atoms with E-state index in [4.69, 9.17) is 20.5 Å². The van der Waals surface area contributed by atoms with Gasteiger partial charge in [-0.15, -0.1) is 0 Å². The second kappa shape index (κ2) is 14.3. The molecule has 0 saturated carbocycles. The van der Waals surface area contributed by atoms with Crippen LogP contribution in [-0.4, -0.2) is 11.6 Å². The molecule has 4 rings (SSSR count). The summed E-state index contributed by atoms with van der Waals surface area (Å²) in [5.74, 6) is -0.0726. The second-order valence-electron chi connectivity index (χ2n) is 8.95. The molecule has 0 saturated heterocycles. The Kier molecular flexibility index (Phi) is 11.1. The van der Waals surface area contributed by atoms with Gasteiger partial charge in [0.2, 0.25) is 0 Å². The number of benzene rings is 4. The van der Waals surface area contributed by atoms with Crippen LogP contribution in [0.25, 0.3) is 0 Å². The molecule has 0 fully saturated rings. The fourth-order valence-electron chi connectivity index (χ4n) is 4.08. The Hall–Kier alpha value is -3.39. The predicted molar refractivity (Wildman–Crippen MR) is 149 cm³/mol. The zero-order valence-electron chi connectivity index (χ0n) is 22.1. The summed E-state index contributed by atoms with van der Waals surface area (Å²) in [6.07, 6.45) is 1.16. The van der Waals surface area contributed by atoms with Gasteiger partial charge < -0.3 is 25.4 Å². The molecule has 0 bridgehead atoms. The Morgan fingerprint density at radius 1 is 0.650 bits per heavy atom. The van der Waals surface area contributed by atoms with E-state index in [9.17, 15) is 19.0 Å². The first kappa shape index (κ1) is 31.1. The van der Waals surface area contributed by atoms with Crippen molar-refractivity contribution in [1.82, 2.24) is 0 Å². The normalized spacial score (nSPS) is 10.8. The van der Waals surface area contributed by atoms with Crippen LogP contribution in [0.1, 0.15) is 44.7 Å². The van der Waals surface area contributed by atoms with E-state index in [0.717, 1.165) is 11.1 Å². The molecule has 0 spiro atoms. The van der Waals surface area contributed by atoms with Crippen LogP contribution in [-0.2, 0) is 17.4 Å². The quantitative estimate of drug-likeness (QED) is 0.115. The number of carbonyl (C=O) groups is 2. The molecular formula is C30H28N2NaO6P. The standard InChI is InChI=1S/C30H29N2O6P.Na/c31-27-13-3-1-11-25(27)29(33)17-15-21-7-5-9-23(19-21)37-39(35,36)38-24-10-6-8-22(20-24)16-18-30(34)26-12-2-4-14-28(26)32;/h1-14,19-20H,15-18,31-32H2,(H,35,36);/q;+1/p-1. The van der Waals surface area contributed by atoms with Crippen LogP contribution in [0.5, 0.6) is 11.5 Å². The van der Waals surface area contributed by atoms with E-state index < -0.39 is 7.82 Å². The third kappa shape index (κ3) is 8.81. The van der Waals surface area contributed by atoms with Crippen molar-refractivity contribution in [3.63, 3.8) is 0 Å². The Labute approximate surface area is 255 Å². The summed E-state index contributed by atoms with van der Waals surface area (Å²) in [5, 5.41) is 0. The van der Waals surface area contributed by atoms with Gasteiger partial charge in [-0.1, -0.05) is 48.5 Å². The fraction of sp³-hybridized carbons (Fsp3) is 0.133. The van der Waals surface area contributed by atoms with Crippen molar-refractivity contribution in [3.05, 3.63) is 119 Å². The smallest absolute Gasteiger partial charge is 0.736 e. The van der Waals surface area contributed by atoms with Crippen molar-refractivity contribution in [3.8, 4) is 11.5 Å². The molecule has 4 N–H and O–H groups in total. The number of nitrogens with two attached hydrogens (primary N) is 2. The maximum atomic E-state index is 12.6. The molecule has 4 aromatic rings. The van der Waals surface area contributed by atoms with Gasteiger partial charge in [0.05, 0.1) is 0 Å². The molecule has 4 aromatic carbocycles. The summed E-state index contributed by atoms with van der Waals surface area (Å²) in [7, 11) is -4.78. The number of carbonyl (C=O) groups excluding carboxylic acids is 2. The van der Waals surface area contributed by atoms with Crippen LogP contribution >= 0.6 is 7.82 Å². The molecule has 0 unspecified atom stereocenters. The molecule has 10 heteroatoms. The number of para-hydroxylation sites is 2. The van der Waals surface area contributed by atoms with E-state index in [1.807, 2.05) is 0 Å². The van der Waals surface area contributed by atoms with E-state index in [1.165, 1.54) is 12.1 Å². The SMILES string of the molecule is Nc1ccccc1C(=O)CCc1cccc(OP(=O)([O-])Oc2cccc(CCC(=O)c3ccccc3N)c2)c1.[Na+]. The Balaban J connectivity index is 0.00000441. The van der Waals surface area contributed by atoms with E-state index in [1.54, 1.807) is 84.9 Å². The van der Waals surface area contributed by atoms with Crippen LogP contribution in [0.15, 0.2) is 97.1 Å². The summed E-state index contributed by atoms with van der Waals surface area (Å²) >= 11 is 0. The minimum Gasteiger partial charge on any atom is -0.736 e. The summed E-state index contributed by atoms with van der Waals surface area (Å²) in [5.41, 5.74) is 14.9. The fourth-order valence-corrected chi connectivity index (χ4v) is 4.86. The predicted octanol–water partition coefficient (Wildman–Crippen LogP) is 2.41. The van der Waals surface area contributed by atoms with Crippen molar-refractivity contribution >= 4 is 30.8 Å². The van der Waals surface area contributed by atoms with E-state index >= 15 is 0 Å². The van der Waals surface area contributed by atoms with Crippen LogP contribution in [0.2, 0.25) is 0 Å². The summed E-state index contributed by atoms with van der Waals surface area (Å²) in [6, 6.07) is 26.6. The maximum Gasteiger partial charge on any atom is 1.00 e. The van der Waals surface area contributed by atoms with Gasteiger partial charge in [0.15, 0.2) is 11.6 Å². The summed E-state index contributed by atoms with van der Waals surface area (Å²) in [6.45, 7) is 0. The number of nitrogen functional groups attached to an aromatic ring is 2. The van der Waals surface area contributed by atoms with Crippen molar-refractivity contribution in [1.29, 1.82) is 0 Å². The molecule has 0 aliphatic rings. The molecule has 40 heavy (non-hydrogen) atoms. The number of ketones is 2. The zero-order chi connectivity index (χ0) is 27.8. The topological polar surface area (TPSA) is 145 Å². The molecule has 0 radical (unpaired) electrons. The van der Waals surface area contributed by atoms with Gasteiger partial charge in [-0.25, -0.2) is 4.57 Å². The van der Waals surface area contributed by atoms with Gasteiger partial charge >= 0.3 is 37.4 Å². The van der Waals surface area contributed by atoms with Crippen LogP contribution in [0.4, 0.5) is 11.4 Å². The summed E-state index contributed by atoms with van der Waals surface area (Å²) < 4.78 is 23.0. The zero-order valence-corrected chi connectivity index (χ0v) is 25.0. The number of hydrogen-bond acceptors (Lipinski definition) is 8. The van der Waals surface area contributed by atoms with Crippen molar-refractivity contribution in [2.45, 2.75) is 25.7 Å². The number of hydrogen-bond donors (Lipinski definition) is 2. The van der Waals surface area contributed by atoms with Crippen molar-refractivity contribution in [2.75, 3.05) is 11.5 Å². The monoisotopic (exact) mass is 566 g/mol. The molecular weight excluding hydrogens is 538 g/mol. The number of rotatable bonds is 12. The van der Waals surface area contributed by atoms with E-state index in [2.05, 4.69) is 0 Å². The largest absolute Gasteiger partial charge is 1.00 e. The van der Waals surface area contributed by atoms with E-state index in [0.29, 0.717) is 35.3 Å². The van der Waals surface area contributed by atoms with Crippen LogP contribution in [0, 0.1) is 0 Å². The van der Waals surface area contributed by atoms with Crippen molar-refractivity contribution < 1.29 is 57.7 Å². The average Bonchev–Trinajstić information content (AvgIpc) is 2.91. The number of anilines is 2. The Bertz CT molecular complexity index is 1430. The number of aryl methyl sites for hydroxylation is 2. The first-order chi connectivity index (χ1) is 18.7. The molecule has 0 aliphatic heterocycles. The molecule has 200 valence electrons. The Morgan fingerprint density at radius 2 is 1.05 bits per heavy atom. The molecule has 0 aromatic heterocycles. The van der Waals surface area contributed by atoms with Crippen molar-refractivity contribution in [2.24, 2.45) is 0 Å². The first-order valence-corrected chi connectivity index (χ1v) is 13.8. The molecule has 0 aliphatic carbocycles. The average molecular weight is 567 g/mol. The summed E-state index contributed by atoms with van der Waals surface area (Å²) in [4.78, 5) is 37.6. The third-order valence-corrected chi connectivity index (χ3v) is 6.90. The third-order valence-electron chi connectivity index (χ3n) is 6.04.